The number of anilines is 3. The fourth-order valence-corrected chi connectivity index (χ4v) is 16.1. The monoisotopic (exact) mass is 1810 g/mol. The Labute approximate surface area is 766 Å². The highest BCUT2D eigenvalue weighted by Crippen LogP contribution is 2.40. The van der Waals surface area contributed by atoms with Crippen molar-refractivity contribution in [3.8, 4) is 0 Å². The molecule has 7 atom stereocenters. The molecule has 702 valence electrons. The highest BCUT2D eigenvalue weighted by Gasteiger charge is 2.42. The lowest BCUT2D eigenvalue weighted by Gasteiger charge is -2.38. The standard InChI is InChI=1S/C43H61N3O8Si.C37H47N3O8.C21H34N2O2Si/c1-13-18-52-39(48)23-35(27(2)3)40(49)44-31(7)38(47)22-32-14-16-33(17-15-32)25-53-42(51)45-37-21-30(6)29(5)20-36(37)41(50)46-24-28(4)19-34(46)26-54-55(11,12)43(8,9)10;1-8-13-47-34(43)18-30(22(2)3)35(44)38-26(7)33(42)17-27-9-11-28(12-10-27)21-48-37(46)39-32-16-25(6)24(5)15-31(32)36(45)40-19-23(4)14-29(40)20-41;1-14-9-17(13-25-26(7,8)21(4,5)6)23(12-14)20(24)18-10-15(2)16(3)11-19(18)22/h13-17,20-21,24,27,31,34-35H,1,18-19,22-23,25-26H2,2-12H3,(H,44,49)(H,45,51);8-12,15-16,19,22,26,29-30,41H,1,13-14,17-18,20-21H2,2-7H3,(H,38,44)(H,39,46);10-12,17H,9,13,22H2,1-8H3/t31-,34-,35-;26-,29-,30-;17-/m000/s1. The Hall–Kier alpha value is -10.9. The number of esters is 2. The molecule has 129 heavy (non-hydrogen) atoms. The quantitative estimate of drug-likeness (QED) is 0.00713. The molecular weight excluding hydrogens is 1670 g/mol. The Morgan fingerprint density at radius 2 is 0.760 bits per heavy atom. The number of amides is 7. The molecule has 0 aliphatic carbocycles. The zero-order chi connectivity index (χ0) is 96.7. The van der Waals surface area contributed by atoms with Crippen molar-refractivity contribution < 1.29 is 85.6 Å². The Kier molecular flexibility index (Phi) is 39.4. The highest BCUT2D eigenvalue weighted by molar-refractivity contribution is 6.74. The molecule has 0 bridgehead atoms. The Balaban J connectivity index is 0.000000316. The second-order valence-corrected chi connectivity index (χ2v) is 47.9. The van der Waals surface area contributed by atoms with Crippen molar-refractivity contribution in [3.05, 3.63) is 218 Å². The number of aryl methyl sites for hydroxylation is 6. The molecule has 7 N–H and O–H groups in total. The van der Waals surface area contributed by atoms with Crippen LogP contribution >= 0.6 is 0 Å². The number of Topliss-reactive ketones (excluding diaryl/α,β-unsaturated/α-hetero) is 2. The van der Waals surface area contributed by atoms with E-state index in [-0.39, 0.29) is 140 Å². The van der Waals surface area contributed by atoms with E-state index >= 15 is 0 Å². The molecule has 26 nitrogen and oxygen atoms in total. The van der Waals surface area contributed by atoms with Crippen molar-refractivity contribution in [2.24, 2.45) is 23.7 Å². The van der Waals surface area contributed by atoms with E-state index in [0.29, 0.717) is 76.5 Å². The van der Waals surface area contributed by atoms with Gasteiger partial charge in [0, 0.05) is 37.1 Å². The zero-order valence-electron chi connectivity index (χ0n) is 80.8. The second-order valence-electron chi connectivity index (χ2n) is 38.3. The summed E-state index contributed by atoms with van der Waals surface area (Å²) in [5, 5.41) is 20.9. The van der Waals surface area contributed by atoms with Gasteiger partial charge in [0.15, 0.2) is 28.2 Å². The van der Waals surface area contributed by atoms with Gasteiger partial charge in [-0.15, -0.1) is 0 Å². The van der Waals surface area contributed by atoms with Crippen molar-refractivity contribution in [2.75, 3.05) is 49.4 Å². The second kappa shape index (κ2) is 47.6. The molecule has 3 heterocycles. The molecule has 8 rings (SSSR count). The van der Waals surface area contributed by atoms with E-state index in [1.54, 1.807) is 97.7 Å². The number of nitrogens with one attached hydrogen (secondary N) is 4. The van der Waals surface area contributed by atoms with E-state index in [4.69, 9.17) is 33.5 Å². The van der Waals surface area contributed by atoms with Crippen LogP contribution in [0.1, 0.15) is 223 Å². The molecule has 0 aromatic heterocycles. The minimum Gasteiger partial charge on any atom is -0.461 e. The first-order chi connectivity index (χ1) is 60.2. The molecule has 0 spiro atoms. The summed E-state index contributed by atoms with van der Waals surface area (Å²) in [5.41, 5.74) is 20.5. The van der Waals surface area contributed by atoms with Gasteiger partial charge in [-0.05, 0) is 236 Å². The van der Waals surface area contributed by atoms with Crippen LogP contribution in [0.15, 0.2) is 146 Å². The molecule has 3 aliphatic heterocycles. The number of benzene rings is 5. The number of nitrogens with zero attached hydrogens (tertiary/aromatic N) is 3. The van der Waals surface area contributed by atoms with Crippen molar-refractivity contribution >= 4 is 98.9 Å². The van der Waals surface area contributed by atoms with Crippen LogP contribution in [0.2, 0.25) is 36.3 Å². The predicted molar refractivity (Wildman–Crippen MR) is 512 cm³/mol. The van der Waals surface area contributed by atoms with Crippen molar-refractivity contribution in [3.63, 3.8) is 0 Å². The number of aliphatic hydroxyl groups excluding tert-OH is 1. The van der Waals surface area contributed by atoms with Gasteiger partial charge >= 0.3 is 24.1 Å². The zero-order valence-corrected chi connectivity index (χ0v) is 82.8. The number of ether oxygens (including phenoxy) is 4. The molecule has 5 aromatic carbocycles. The average molecular weight is 1810 g/mol. The van der Waals surface area contributed by atoms with Crippen LogP contribution in [0.3, 0.4) is 0 Å². The lowest BCUT2D eigenvalue weighted by atomic mass is 9.91. The maximum absolute atomic E-state index is 14.1. The van der Waals surface area contributed by atoms with Crippen molar-refractivity contribution in [1.82, 2.24) is 25.3 Å². The number of ketones is 2. The van der Waals surface area contributed by atoms with Gasteiger partial charge in [-0.25, -0.2) is 9.59 Å². The largest absolute Gasteiger partial charge is 0.461 e. The number of nitrogens with two attached hydrogens (primary N) is 1. The molecule has 5 aromatic rings. The summed E-state index contributed by atoms with van der Waals surface area (Å²) >= 11 is 0. The summed E-state index contributed by atoms with van der Waals surface area (Å²) in [7, 11) is -3.89. The molecule has 7 amide bonds. The van der Waals surface area contributed by atoms with Gasteiger partial charge in [-0.1, -0.05) is 160 Å². The number of aliphatic hydroxyl groups is 1. The first-order valence-electron chi connectivity index (χ1n) is 44.4. The topological polar surface area (TPSA) is 347 Å². The predicted octanol–water partition coefficient (Wildman–Crippen LogP) is 18.4. The van der Waals surface area contributed by atoms with Crippen LogP contribution in [-0.2, 0) is 82.6 Å². The van der Waals surface area contributed by atoms with E-state index in [9.17, 15) is 57.8 Å². The minimum atomic E-state index is -2.04. The van der Waals surface area contributed by atoms with Gasteiger partial charge < -0.3 is 64.0 Å². The van der Waals surface area contributed by atoms with E-state index in [0.717, 1.165) is 56.5 Å². The Morgan fingerprint density at radius 3 is 1.09 bits per heavy atom. The minimum absolute atomic E-state index is 0.0343. The number of nitrogen functional groups attached to an aromatic ring is 1. The smallest absolute Gasteiger partial charge is 0.411 e. The number of hydrogen-bond acceptors (Lipinski definition) is 19. The fraction of sp³-hybridized carbons (Fsp3) is 0.495. The van der Waals surface area contributed by atoms with Gasteiger partial charge in [0.05, 0.1) is 103 Å². The summed E-state index contributed by atoms with van der Waals surface area (Å²) in [6.07, 6.45) is 9.14. The van der Waals surface area contributed by atoms with Crippen molar-refractivity contribution in [1.29, 1.82) is 0 Å². The molecular formula is C101H142N8O18Si2. The van der Waals surface area contributed by atoms with Gasteiger partial charge in [-0.3, -0.25) is 53.8 Å². The Bertz CT molecular complexity index is 4980. The van der Waals surface area contributed by atoms with E-state index in [1.165, 1.54) is 22.6 Å². The Morgan fingerprint density at radius 1 is 0.457 bits per heavy atom. The first kappa shape index (κ1) is 107. The fourth-order valence-electron chi connectivity index (χ4n) is 14.0. The van der Waals surface area contributed by atoms with Crippen LogP contribution in [0, 0.1) is 65.2 Å². The third-order valence-electron chi connectivity index (χ3n) is 24.8. The molecule has 3 aliphatic rings. The third-order valence-corrected chi connectivity index (χ3v) is 33.8. The lowest BCUT2D eigenvalue weighted by molar-refractivity contribution is -0.147. The number of carbonyl (C=O) groups is 11. The maximum atomic E-state index is 14.1. The van der Waals surface area contributed by atoms with Gasteiger partial charge in [0.1, 0.15) is 26.4 Å². The van der Waals surface area contributed by atoms with Gasteiger partial charge in [0.2, 0.25) is 11.8 Å². The summed E-state index contributed by atoms with van der Waals surface area (Å²) in [6, 6.07) is 22.9. The summed E-state index contributed by atoms with van der Waals surface area (Å²) in [6.45, 7) is 58.2. The molecule has 0 saturated carbocycles. The average Bonchev–Trinajstić information content (AvgIpc) is 1.73. The highest BCUT2D eigenvalue weighted by atomic mass is 28.4. The van der Waals surface area contributed by atoms with Crippen LogP contribution < -0.4 is 27.0 Å². The molecule has 0 radical (unpaired) electrons. The normalized spacial score (nSPS) is 16.0. The summed E-state index contributed by atoms with van der Waals surface area (Å²) < 4.78 is 33.9. The van der Waals surface area contributed by atoms with Gasteiger partial charge in [-0.2, -0.15) is 0 Å². The lowest BCUT2D eigenvalue weighted by Crippen LogP contribution is -2.45. The molecule has 0 fully saturated rings. The van der Waals surface area contributed by atoms with Gasteiger partial charge in [0.25, 0.3) is 17.7 Å². The SMILES string of the molecule is C=CCOC(=O)C[C@H](C(=O)N[C@@H](C)C(=O)Cc1ccc(COC(=O)Nc2cc(C)c(C)cc2C(=O)N2C=C(C)C[C@H]2CO)cc1)C(C)C.C=CCOC(=O)C[C@H](C(=O)N[C@@H](C)C(=O)Cc1ccc(COC(=O)Nc2cc(C)c(C)cc2C(=O)N2C=C(C)C[C@H]2CO[Si](C)(C)C(C)(C)C)cc1)C(C)C.CC1=CN(C(=O)c2cc(C)c(C)cc2N)[C@H](CO[Si](C)(C)C(C)(C)C)C1. The maximum Gasteiger partial charge on any atom is 0.411 e. The van der Waals surface area contributed by atoms with Crippen molar-refractivity contribution in [2.45, 2.75) is 270 Å². The van der Waals surface area contributed by atoms with E-state index < -0.39 is 64.7 Å². The molecule has 0 saturated heterocycles. The summed E-state index contributed by atoms with van der Waals surface area (Å²) in [4.78, 5) is 147. The van der Waals surface area contributed by atoms with E-state index in [1.807, 2.05) is 113 Å². The van der Waals surface area contributed by atoms with Crippen LogP contribution in [0.25, 0.3) is 0 Å². The molecule has 0 unspecified atom stereocenters. The third kappa shape index (κ3) is 31.2. The molecule has 28 heteroatoms. The first-order valence-corrected chi connectivity index (χ1v) is 50.2. The number of rotatable bonds is 36. The van der Waals surface area contributed by atoms with Crippen LogP contribution in [0.5, 0.6) is 0 Å². The van der Waals surface area contributed by atoms with Crippen LogP contribution in [-0.4, -0.2) is 165 Å². The number of hydrogen-bond donors (Lipinski definition) is 6. The summed E-state index contributed by atoms with van der Waals surface area (Å²) in [5.74, 6) is -4.30. The van der Waals surface area contributed by atoms with Crippen LogP contribution in [0.4, 0.5) is 26.7 Å². The van der Waals surface area contributed by atoms with E-state index in [2.05, 4.69) is 109 Å². The number of carbonyl (C=O) groups excluding carboxylic acids is 11.